The second kappa shape index (κ2) is 8.80. The second-order valence-electron chi connectivity index (χ2n) is 11.0. The van der Waals surface area contributed by atoms with Crippen molar-refractivity contribution in [1.29, 1.82) is 0 Å². The van der Waals surface area contributed by atoms with Gasteiger partial charge in [-0.25, -0.2) is 9.97 Å². The Morgan fingerprint density at radius 1 is 1.08 bits per heavy atom. The number of hydrogen-bond acceptors (Lipinski definition) is 5. The van der Waals surface area contributed by atoms with Crippen molar-refractivity contribution in [2.75, 3.05) is 0 Å². The Morgan fingerprint density at radius 2 is 1.95 bits per heavy atom. The molecular weight excluding hydrogens is 462 g/mol. The van der Waals surface area contributed by atoms with Crippen molar-refractivity contribution in [3.8, 4) is 22.5 Å². The van der Waals surface area contributed by atoms with Crippen LogP contribution >= 0.6 is 0 Å². The third-order valence-electron chi connectivity index (χ3n) is 7.32. The fraction of sp³-hybridized carbons (Fsp3) is 0.345. The number of aromatic amines is 1. The van der Waals surface area contributed by atoms with Crippen LogP contribution in [0.25, 0.3) is 33.5 Å². The first-order valence-corrected chi connectivity index (χ1v) is 12.8. The van der Waals surface area contributed by atoms with E-state index in [1.165, 1.54) is 11.1 Å². The SMILES string of the molecule is Cn1cc(-c2cc3c(-c4ccc5c(c4)CCCC5CC(=O)c4cnn(C(C)(C)C)c4)ncnc3[nH]2)cn1. The average Bonchev–Trinajstić information content (AvgIpc) is 3.62. The summed E-state index contributed by atoms with van der Waals surface area (Å²) in [6.45, 7) is 6.26. The van der Waals surface area contributed by atoms with Crippen LogP contribution in [0, 0.1) is 0 Å². The third kappa shape index (κ3) is 4.37. The summed E-state index contributed by atoms with van der Waals surface area (Å²) < 4.78 is 3.65. The summed E-state index contributed by atoms with van der Waals surface area (Å²) in [6.07, 6.45) is 12.6. The highest BCUT2D eigenvalue weighted by atomic mass is 16.1. The number of aryl methyl sites for hydroxylation is 2. The van der Waals surface area contributed by atoms with Crippen molar-refractivity contribution < 1.29 is 4.79 Å². The molecule has 0 aliphatic heterocycles. The maximum Gasteiger partial charge on any atom is 0.166 e. The van der Waals surface area contributed by atoms with Gasteiger partial charge in [0.05, 0.1) is 34.9 Å². The molecule has 8 nitrogen and oxygen atoms in total. The number of rotatable bonds is 5. The molecule has 1 atom stereocenters. The number of H-pyrrole nitrogens is 1. The molecule has 37 heavy (non-hydrogen) atoms. The van der Waals surface area contributed by atoms with Crippen LogP contribution in [0.5, 0.6) is 0 Å². The van der Waals surface area contributed by atoms with Crippen molar-refractivity contribution in [2.45, 2.75) is 57.9 Å². The number of nitrogens with one attached hydrogen (secondary N) is 1. The Hall–Kier alpha value is -4.07. The molecule has 0 saturated heterocycles. The molecule has 1 N–H and O–H groups in total. The number of benzene rings is 1. The lowest BCUT2D eigenvalue weighted by Gasteiger charge is -2.25. The molecule has 0 radical (unpaired) electrons. The Balaban J connectivity index is 1.29. The van der Waals surface area contributed by atoms with E-state index < -0.39 is 0 Å². The topological polar surface area (TPSA) is 94.3 Å². The summed E-state index contributed by atoms with van der Waals surface area (Å²) in [5.74, 6) is 0.378. The number of carbonyl (C=O) groups is 1. The van der Waals surface area contributed by atoms with Gasteiger partial charge in [-0.2, -0.15) is 10.2 Å². The van der Waals surface area contributed by atoms with Crippen LogP contribution in [0.2, 0.25) is 0 Å². The Bertz CT molecular complexity index is 1610. The smallest absolute Gasteiger partial charge is 0.166 e. The molecule has 0 spiro atoms. The first-order valence-electron chi connectivity index (χ1n) is 12.8. The van der Waals surface area contributed by atoms with Crippen LogP contribution in [-0.4, -0.2) is 40.3 Å². The van der Waals surface area contributed by atoms with Gasteiger partial charge in [-0.1, -0.05) is 12.1 Å². The van der Waals surface area contributed by atoms with Gasteiger partial charge in [-0.15, -0.1) is 0 Å². The monoisotopic (exact) mass is 493 g/mol. The Morgan fingerprint density at radius 3 is 2.70 bits per heavy atom. The van der Waals surface area contributed by atoms with Gasteiger partial charge in [0.1, 0.15) is 12.0 Å². The number of ketones is 1. The second-order valence-corrected chi connectivity index (χ2v) is 11.0. The van der Waals surface area contributed by atoms with Crippen LogP contribution < -0.4 is 0 Å². The van der Waals surface area contributed by atoms with Gasteiger partial charge in [-0.05, 0) is 69.2 Å². The lowest BCUT2D eigenvalue weighted by molar-refractivity contribution is 0.0971. The van der Waals surface area contributed by atoms with Crippen molar-refractivity contribution in [3.63, 3.8) is 0 Å². The molecule has 1 aliphatic carbocycles. The fourth-order valence-electron chi connectivity index (χ4n) is 5.34. The zero-order chi connectivity index (χ0) is 25.7. The number of aromatic nitrogens is 7. The van der Waals surface area contributed by atoms with Gasteiger partial charge in [0.2, 0.25) is 0 Å². The molecule has 188 valence electrons. The quantitative estimate of drug-likeness (QED) is 0.318. The maximum absolute atomic E-state index is 13.1. The van der Waals surface area contributed by atoms with E-state index in [0.717, 1.165) is 52.8 Å². The normalized spacial score (nSPS) is 15.7. The number of fused-ring (bicyclic) bond motifs is 2. The van der Waals surface area contributed by atoms with Gasteiger partial charge in [0, 0.05) is 42.4 Å². The number of Topliss-reactive ketones (excluding diaryl/α,β-unsaturated/α-hetero) is 1. The van der Waals surface area contributed by atoms with Crippen molar-refractivity contribution in [2.24, 2.45) is 7.05 Å². The molecule has 4 heterocycles. The van der Waals surface area contributed by atoms with Crippen molar-refractivity contribution in [1.82, 2.24) is 34.5 Å². The summed E-state index contributed by atoms with van der Waals surface area (Å²) in [5.41, 5.74) is 7.90. The molecular formula is C29H31N7O. The molecule has 1 unspecified atom stereocenters. The number of carbonyl (C=O) groups excluding carboxylic acids is 1. The third-order valence-corrected chi connectivity index (χ3v) is 7.32. The van der Waals surface area contributed by atoms with Gasteiger partial charge in [-0.3, -0.25) is 14.2 Å². The summed E-state index contributed by atoms with van der Waals surface area (Å²) in [6, 6.07) is 8.68. The molecule has 8 heteroatoms. The average molecular weight is 494 g/mol. The molecule has 4 aromatic heterocycles. The highest BCUT2D eigenvalue weighted by Crippen LogP contribution is 2.38. The summed E-state index contributed by atoms with van der Waals surface area (Å²) in [5, 5.41) is 9.68. The van der Waals surface area contributed by atoms with Gasteiger partial charge < -0.3 is 4.98 Å². The Kier molecular flexibility index (Phi) is 5.55. The lowest BCUT2D eigenvalue weighted by Crippen LogP contribution is -2.22. The van der Waals surface area contributed by atoms with Crippen LogP contribution in [0.1, 0.15) is 67.4 Å². The van der Waals surface area contributed by atoms with Crippen LogP contribution in [-0.2, 0) is 19.0 Å². The molecule has 6 rings (SSSR count). The van der Waals surface area contributed by atoms with E-state index in [4.69, 9.17) is 0 Å². The van der Waals surface area contributed by atoms with Crippen LogP contribution in [0.15, 0.2) is 55.4 Å². The molecule has 1 aromatic carbocycles. The minimum absolute atomic E-state index is 0.142. The maximum atomic E-state index is 13.1. The predicted molar refractivity (Wildman–Crippen MR) is 143 cm³/mol. The highest BCUT2D eigenvalue weighted by molar-refractivity contribution is 5.96. The van der Waals surface area contributed by atoms with Gasteiger partial charge >= 0.3 is 0 Å². The molecule has 0 saturated carbocycles. The zero-order valence-electron chi connectivity index (χ0n) is 21.7. The highest BCUT2D eigenvalue weighted by Gasteiger charge is 2.25. The standard InChI is InChI=1S/C29H31N7O/c1-29(2,3)36-16-22(14-33-36)26(37)11-19-7-5-6-18-10-20(8-9-23(18)19)27-24-12-25(21-13-32-35(4)15-21)34-28(24)31-17-30-27/h8-10,12-17,19H,5-7,11H2,1-4H3,(H,30,31,34). The molecule has 1 aliphatic rings. The van der Waals surface area contributed by atoms with Crippen molar-refractivity contribution >= 4 is 16.8 Å². The van der Waals surface area contributed by atoms with E-state index in [0.29, 0.717) is 12.0 Å². The molecule has 5 aromatic rings. The van der Waals surface area contributed by atoms with Crippen LogP contribution in [0.3, 0.4) is 0 Å². The summed E-state index contributed by atoms with van der Waals surface area (Å²) in [4.78, 5) is 25.7. The van der Waals surface area contributed by atoms with Gasteiger partial charge in [0.15, 0.2) is 5.78 Å². The first kappa shape index (κ1) is 23.3. The minimum atomic E-state index is -0.142. The Labute approximate surface area is 215 Å². The van der Waals surface area contributed by atoms with E-state index in [1.54, 1.807) is 17.2 Å². The summed E-state index contributed by atoms with van der Waals surface area (Å²) in [7, 11) is 1.91. The summed E-state index contributed by atoms with van der Waals surface area (Å²) >= 11 is 0. The van der Waals surface area contributed by atoms with Crippen molar-refractivity contribution in [3.05, 3.63) is 72.1 Å². The van der Waals surface area contributed by atoms with Gasteiger partial charge in [0.25, 0.3) is 0 Å². The van der Waals surface area contributed by atoms with E-state index in [1.807, 2.05) is 30.3 Å². The van der Waals surface area contributed by atoms with E-state index in [9.17, 15) is 4.79 Å². The molecule has 0 fully saturated rings. The minimum Gasteiger partial charge on any atom is -0.339 e. The first-order chi connectivity index (χ1) is 17.8. The van der Waals surface area contributed by atoms with E-state index in [-0.39, 0.29) is 17.2 Å². The van der Waals surface area contributed by atoms with Crippen LogP contribution in [0.4, 0.5) is 0 Å². The predicted octanol–water partition coefficient (Wildman–Crippen LogP) is 5.67. The largest absolute Gasteiger partial charge is 0.339 e. The number of hydrogen-bond donors (Lipinski definition) is 1. The lowest BCUT2D eigenvalue weighted by atomic mass is 9.79. The molecule has 0 amide bonds. The fourth-order valence-corrected chi connectivity index (χ4v) is 5.34. The molecule has 0 bridgehead atoms. The van der Waals surface area contributed by atoms with E-state index >= 15 is 0 Å². The number of nitrogens with zero attached hydrogens (tertiary/aromatic N) is 6. The zero-order valence-corrected chi connectivity index (χ0v) is 21.7. The van der Waals surface area contributed by atoms with E-state index in [2.05, 4.69) is 70.2 Å².